The maximum absolute atomic E-state index is 10.8. The zero-order chi connectivity index (χ0) is 7.19. The van der Waals surface area contributed by atoms with Crippen LogP contribution in [0.4, 0.5) is 0 Å². The summed E-state index contributed by atoms with van der Waals surface area (Å²) in [5, 5.41) is 0. The van der Waals surface area contributed by atoms with Gasteiger partial charge in [0.15, 0.2) is 5.60 Å². The van der Waals surface area contributed by atoms with Crippen LogP contribution in [0.25, 0.3) is 0 Å². The Labute approximate surface area is 57.1 Å². The average molecular weight is 142 g/mol. The summed E-state index contributed by atoms with van der Waals surface area (Å²) in [5.41, 5.74) is -0.864. The second-order valence-corrected chi connectivity index (χ2v) is 2.53. The van der Waals surface area contributed by atoms with Gasteiger partial charge in [-0.25, -0.2) is 4.79 Å². The van der Waals surface area contributed by atoms with Crippen molar-refractivity contribution in [3.8, 4) is 0 Å². The summed E-state index contributed by atoms with van der Waals surface area (Å²) in [4.78, 5) is 21.4. The summed E-state index contributed by atoms with van der Waals surface area (Å²) in [6.45, 7) is 0.558. The number of hydrogen-bond donors (Lipinski definition) is 0. The lowest BCUT2D eigenvalue weighted by Crippen LogP contribution is -2.47. The van der Waals surface area contributed by atoms with Crippen molar-refractivity contribution >= 4 is 11.9 Å². The summed E-state index contributed by atoms with van der Waals surface area (Å²) in [6, 6.07) is 0. The maximum Gasteiger partial charge on any atom is 0.346 e. The summed E-state index contributed by atoms with van der Waals surface area (Å²) >= 11 is 0. The van der Waals surface area contributed by atoms with Crippen LogP contribution >= 0.6 is 0 Å². The van der Waals surface area contributed by atoms with Gasteiger partial charge in [-0.2, -0.15) is 0 Å². The third kappa shape index (κ3) is 0.541. The van der Waals surface area contributed by atoms with Gasteiger partial charge in [0, 0.05) is 6.42 Å². The number of ether oxygens (including phenoxy) is 2. The molecule has 2 heterocycles. The van der Waals surface area contributed by atoms with Crippen molar-refractivity contribution in [3.05, 3.63) is 0 Å². The molecule has 2 saturated heterocycles. The predicted molar refractivity (Wildman–Crippen MR) is 29.0 cm³/mol. The monoisotopic (exact) mass is 142 g/mol. The topological polar surface area (TPSA) is 52.6 Å². The molecule has 10 heavy (non-hydrogen) atoms. The minimum Gasteiger partial charge on any atom is -0.391 e. The second-order valence-electron chi connectivity index (χ2n) is 2.53. The van der Waals surface area contributed by atoms with Crippen molar-refractivity contribution in [2.75, 3.05) is 6.61 Å². The Balaban J connectivity index is 2.23. The Kier molecular flexibility index (Phi) is 0.922. The van der Waals surface area contributed by atoms with E-state index in [4.69, 9.17) is 4.74 Å². The minimum atomic E-state index is -0.864. The molecule has 2 rings (SSSR count). The van der Waals surface area contributed by atoms with E-state index in [-0.39, 0.29) is 6.42 Å². The first-order valence-electron chi connectivity index (χ1n) is 3.12. The molecule has 0 aromatic carbocycles. The highest BCUT2D eigenvalue weighted by molar-refractivity contribution is 5.99. The van der Waals surface area contributed by atoms with Gasteiger partial charge in [-0.15, -0.1) is 0 Å². The van der Waals surface area contributed by atoms with Crippen LogP contribution in [0.2, 0.25) is 0 Å². The molecule has 0 amide bonds. The summed E-state index contributed by atoms with van der Waals surface area (Å²) in [7, 11) is 0. The molecule has 0 bridgehead atoms. The van der Waals surface area contributed by atoms with Gasteiger partial charge in [0.2, 0.25) is 0 Å². The maximum atomic E-state index is 10.8. The molecular formula is C6H6O4. The fourth-order valence-corrected chi connectivity index (χ4v) is 1.19. The van der Waals surface area contributed by atoms with Crippen LogP contribution in [0.5, 0.6) is 0 Å². The van der Waals surface area contributed by atoms with Crippen molar-refractivity contribution in [1.29, 1.82) is 0 Å². The first-order chi connectivity index (χ1) is 4.73. The summed E-state index contributed by atoms with van der Waals surface area (Å²) < 4.78 is 9.28. The quantitative estimate of drug-likeness (QED) is 0.341. The average Bonchev–Trinajstić information content (AvgIpc) is 2.04. The van der Waals surface area contributed by atoms with E-state index in [0.29, 0.717) is 13.0 Å². The fraction of sp³-hybridized carbons (Fsp3) is 0.667. The molecule has 2 aliphatic rings. The van der Waals surface area contributed by atoms with E-state index >= 15 is 0 Å². The second kappa shape index (κ2) is 1.58. The molecule has 1 spiro atoms. The highest BCUT2D eigenvalue weighted by Gasteiger charge is 2.55. The van der Waals surface area contributed by atoms with Crippen LogP contribution in [-0.4, -0.2) is 24.1 Å². The van der Waals surface area contributed by atoms with E-state index in [1.54, 1.807) is 0 Å². The van der Waals surface area contributed by atoms with Crippen molar-refractivity contribution in [2.45, 2.75) is 18.4 Å². The Morgan fingerprint density at radius 2 is 2.10 bits per heavy atom. The molecular weight excluding hydrogens is 136 g/mol. The normalized spacial score (nSPS) is 38.0. The molecule has 4 heteroatoms. The van der Waals surface area contributed by atoms with Crippen LogP contribution < -0.4 is 0 Å². The van der Waals surface area contributed by atoms with E-state index in [1.165, 1.54) is 0 Å². The number of cyclic esters (lactones) is 2. The van der Waals surface area contributed by atoms with Gasteiger partial charge in [0.1, 0.15) is 0 Å². The SMILES string of the molecule is O=C1CC2(CCO2)C(=O)O1. The highest BCUT2D eigenvalue weighted by Crippen LogP contribution is 2.35. The molecule has 0 aliphatic carbocycles. The molecule has 54 valence electrons. The number of esters is 2. The summed E-state index contributed by atoms with van der Waals surface area (Å²) in [6.07, 6.45) is 0.726. The van der Waals surface area contributed by atoms with Crippen LogP contribution in [0.1, 0.15) is 12.8 Å². The van der Waals surface area contributed by atoms with Gasteiger partial charge in [0.05, 0.1) is 13.0 Å². The van der Waals surface area contributed by atoms with Gasteiger partial charge in [-0.05, 0) is 0 Å². The Hall–Kier alpha value is -0.900. The molecule has 0 aromatic rings. The van der Waals surface area contributed by atoms with Gasteiger partial charge >= 0.3 is 11.9 Å². The van der Waals surface area contributed by atoms with Crippen LogP contribution in [0, 0.1) is 0 Å². The van der Waals surface area contributed by atoms with Gasteiger partial charge in [0.25, 0.3) is 0 Å². The van der Waals surface area contributed by atoms with Crippen molar-refractivity contribution in [3.63, 3.8) is 0 Å². The zero-order valence-electron chi connectivity index (χ0n) is 5.25. The molecule has 2 fully saturated rings. The largest absolute Gasteiger partial charge is 0.391 e. The minimum absolute atomic E-state index is 0.103. The fourth-order valence-electron chi connectivity index (χ4n) is 1.19. The third-order valence-corrected chi connectivity index (χ3v) is 1.89. The van der Waals surface area contributed by atoms with Crippen LogP contribution in [0.3, 0.4) is 0 Å². The van der Waals surface area contributed by atoms with Crippen molar-refractivity contribution in [2.24, 2.45) is 0 Å². The van der Waals surface area contributed by atoms with Gasteiger partial charge in [-0.3, -0.25) is 4.79 Å². The lowest BCUT2D eigenvalue weighted by Gasteiger charge is -2.32. The predicted octanol–water partition coefficient (Wildman–Crippen LogP) is -0.381. The number of carbonyl (C=O) groups is 2. The van der Waals surface area contributed by atoms with Crippen molar-refractivity contribution < 1.29 is 19.1 Å². The van der Waals surface area contributed by atoms with E-state index in [2.05, 4.69) is 4.74 Å². The number of rotatable bonds is 0. The lowest BCUT2D eigenvalue weighted by atomic mass is 9.93. The molecule has 4 nitrogen and oxygen atoms in total. The van der Waals surface area contributed by atoms with E-state index in [1.807, 2.05) is 0 Å². The lowest BCUT2D eigenvalue weighted by molar-refractivity contribution is -0.181. The molecule has 0 aromatic heterocycles. The Morgan fingerprint density at radius 3 is 2.30 bits per heavy atom. The van der Waals surface area contributed by atoms with Crippen LogP contribution in [-0.2, 0) is 19.1 Å². The molecule has 1 unspecified atom stereocenters. The standard InChI is InChI=1S/C6H6O4/c7-4-3-6(1-2-9-6)5(8)10-4/h1-3H2. The molecule has 0 radical (unpaired) electrons. The number of carbonyl (C=O) groups excluding carboxylic acids is 2. The molecule has 0 N–H and O–H groups in total. The van der Waals surface area contributed by atoms with Crippen molar-refractivity contribution in [1.82, 2.24) is 0 Å². The zero-order valence-corrected chi connectivity index (χ0v) is 5.25. The third-order valence-electron chi connectivity index (χ3n) is 1.89. The van der Waals surface area contributed by atoms with E-state index < -0.39 is 17.5 Å². The molecule has 2 aliphatic heterocycles. The first-order valence-corrected chi connectivity index (χ1v) is 3.12. The molecule has 1 atom stereocenters. The highest BCUT2D eigenvalue weighted by atomic mass is 16.6. The Bertz CT molecular complexity index is 204. The smallest absolute Gasteiger partial charge is 0.346 e. The Morgan fingerprint density at radius 1 is 1.40 bits per heavy atom. The van der Waals surface area contributed by atoms with E-state index in [0.717, 1.165) is 0 Å². The number of hydrogen-bond acceptors (Lipinski definition) is 4. The first kappa shape index (κ1) is 5.85. The van der Waals surface area contributed by atoms with Crippen LogP contribution in [0.15, 0.2) is 0 Å². The summed E-state index contributed by atoms with van der Waals surface area (Å²) in [5.74, 6) is -0.978. The molecule has 0 saturated carbocycles. The van der Waals surface area contributed by atoms with Gasteiger partial charge in [-0.1, -0.05) is 0 Å². The van der Waals surface area contributed by atoms with Gasteiger partial charge < -0.3 is 9.47 Å². The van der Waals surface area contributed by atoms with E-state index in [9.17, 15) is 9.59 Å².